The molecule has 0 radical (unpaired) electrons. The second kappa shape index (κ2) is 5.77. The van der Waals surface area contributed by atoms with Crippen LogP contribution in [0.5, 0.6) is 0 Å². The molecular formula is C16H22N4. The molecular weight excluding hydrogens is 248 g/mol. The first-order valence-electron chi connectivity index (χ1n) is 7.24. The lowest BCUT2D eigenvalue weighted by atomic mass is 9.99. The van der Waals surface area contributed by atoms with Gasteiger partial charge in [0, 0.05) is 37.9 Å². The van der Waals surface area contributed by atoms with Gasteiger partial charge < -0.3 is 10.6 Å². The Hall–Kier alpha value is -1.65. The fourth-order valence-electron chi connectivity index (χ4n) is 3.01. The van der Waals surface area contributed by atoms with Crippen LogP contribution in [0.3, 0.4) is 0 Å². The highest BCUT2D eigenvalue weighted by molar-refractivity contribution is 5.21. The Morgan fingerprint density at radius 1 is 1.35 bits per heavy atom. The number of hydrogen-bond acceptors (Lipinski definition) is 3. The van der Waals surface area contributed by atoms with Crippen LogP contribution >= 0.6 is 0 Å². The fraction of sp³-hybridized carbons (Fsp3) is 0.438. The van der Waals surface area contributed by atoms with Crippen molar-refractivity contribution >= 4 is 0 Å². The molecule has 0 aliphatic carbocycles. The van der Waals surface area contributed by atoms with Crippen molar-refractivity contribution in [3.05, 3.63) is 53.9 Å². The summed E-state index contributed by atoms with van der Waals surface area (Å²) in [5.74, 6) is 0.650. The van der Waals surface area contributed by atoms with Crippen molar-refractivity contribution in [2.45, 2.75) is 18.4 Å². The number of nitrogens with zero attached hydrogens (tertiary/aromatic N) is 3. The van der Waals surface area contributed by atoms with Gasteiger partial charge in [0.15, 0.2) is 0 Å². The van der Waals surface area contributed by atoms with Crippen LogP contribution in [0.15, 0.2) is 42.7 Å². The van der Waals surface area contributed by atoms with Crippen LogP contribution in [0.4, 0.5) is 0 Å². The number of benzene rings is 1. The summed E-state index contributed by atoms with van der Waals surface area (Å²) in [6, 6.07) is 10.8. The van der Waals surface area contributed by atoms with E-state index in [-0.39, 0.29) is 6.04 Å². The number of aromatic nitrogens is 2. The molecule has 2 N–H and O–H groups in total. The molecule has 3 rings (SSSR count). The van der Waals surface area contributed by atoms with E-state index in [0.717, 1.165) is 25.2 Å². The quantitative estimate of drug-likeness (QED) is 0.923. The summed E-state index contributed by atoms with van der Waals surface area (Å²) >= 11 is 0. The van der Waals surface area contributed by atoms with E-state index >= 15 is 0 Å². The maximum Gasteiger partial charge on any atom is 0.0537 e. The van der Waals surface area contributed by atoms with E-state index in [9.17, 15) is 0 Å². The molecule has 1 fully saturated rings. The van der Waals surface area contributed by atoms with E-state index in [4.69, 9.17) is 5.73 Å². The van der Waals surface area contributed by atoms with Crippen LogP contribution in [0.25, 0.3) is 0 Å². The van der Waals surface area contributed by atoms with Crippen molar-refractivity contribution in [3.8, 4) is 0 Å². The van der Waals surface area contributed by atoms with Gasteiger partial charge in [0.25, 0.3) is 0 Å². The Bertz CT molecular complexity index is 549. The maximum absolute atomic E-state index is 6.28. The summed E-state index contributed by atoms with van der Waals surface area (Å²) in [7, 11) is 1.93. The van der Waals surface area contributed by atoms with Crippen molar-refractivity contribution < 1.29 is 0 Å². The first-order chi connectivity index (χ1) is 9.72. The molecule has 4 nitrogen and oxygen atoms in total. The molecule has 1 aliphatic rings. The summed E-state index contributed by atoms with van der Waals surface area (Å²) in [6.07, 6.45) is 5.11. The Morgan fingerprint density at radius 2 is 2.15 bits per heavy atom. The SMILES string of the molecule is Cn1cc(C(N)CN2CCC(c3ccccc3)C2)cn1. The number of nitrogens with two attached hydrogens (primary N) is 1. The summed E-state index contributed by atoms with van der Waals surface area (Å²) in [6.45, 7) is 3.15. The van der Waals surface area contributed by atoms with Gasteiger partial charge in [-0.3, -0.25) is 4.68 Å². The van der Waals surface area contributed by atoms with Crippen molar-refractivity contribution in [1.29, 1.82) is 0 Å². The largest absolute Gasteiger partial charge is 0.323 e. The highest BCUT2D eigenvalue weighted by atomic mass is 15.2. The Morgan fingerprint density at radius 3 is 2.85 bits per heavy atom. The standard InChI is InChI=1S/C16H22N4/c1-19-10-15(9-18-19)16(17)12-20-8-7-14(11-20)13-5-3-2-4-6-13/h2-6,9-10,14,16H,7-8,11-12,17H2,1H3. The van der Waals surface area contributed by atoms with Crippen LogP contribution in [-0.4, -0.2) is 34.3 Å². The van der Waals surface area contributed by atoms with Gasteiger partial charge in [0.1, 0.15) is 0 Å². The lowest BCUT2D eigenvalue weighted by molar-refractivity contribution is 0.312. The van der Waals surface area contributed by atoms with Gasteiger partial charge in [-0.05, 0) is 24.4 Å². The topological polar surface area (TPSA) is 47.1 Å². The Kier molecular flexibility index (Phi) is 3.85. The zero-order valence-corrected chi connectivity index (χ0v) is 11.9. The predicted molar refractivity (Wildman–Crippen MR) is 80.4 cm³/mol. The van der Waals surface area contributed by atoms with E-state index in [0.29, 0.717) is 5.92 Å². The number of rotatable bonds is 4. The van der Waals surface area contributed by atoms with Gasteiger partial charge in [0.05, 0.1) is 6.20 Å². The number of aryl methyl sites for hydroxylation is 1. The zero-order chi connectivity index (χ0) is 13.9. The van der Waals surface area contributed by atoms with E-state index in [1.165, 1.54) is 12.0 Å². The minimum atomic E-state index is 0.0539. The van der Waals surface area contributed by atoms with E-state index in [1.807, 2.05) is 24.1 Å². The maximum atomic E-state index is 6.28. The molecule has 106 valence electrons. The first-order valence-corrected chi connectivity index (χ1v) is 7.24. The molecule has 1 aliphatic heterocycles. The van der Waals surface area contributed by atoms with E-state index in [1.54, 1.807) is 0 Å². The molecule has 1 saturated heterocycles. The molecule has 0 amide bonds. The van der Waals surface area contributed by atoms with Gasteiger partial charge in [0.2, 0.25) is 0 Å². The van der Waals surface area contributed by atoms with Crippen LogP contribution in [0.1, 0.15) is 29.5 Å². The third kappa shape index (κ3) is 2.92. The summed E-state index contributed by atoms with van der Waals surface area (Å²) in [5, 5.41) is 4.19. The molecule has 0 bridgehead atoms. The highest BCUT2D eigenvalue weighted by Crippen LogP contribution is 2.27. The monoisotopic (exact) mass is 270 g/mol. The molecule has 2 heterocycles. The Balaban J connectivity index is 1.58. The molecule has 20 heavy (non-hydrogen) atoms. The molecule has 2 aromatic rings. The highest BCUT2D eigenvalue weighted by Gasteiger charge is 2.25. The van der Waals surface area contributed by atoms with Gasteiger partial charge in [-0.15, -0.1) is 0 Å². The van der Waals surface area contributed by atoms with Gasteiger partial charge in [-0.1, -0.05) is 30.3 Å². The minimum Gasteiger partial charge on any atom is -0.323 e. The lowest BCUT2D eigenvalue weighted by Crippen LogP contribution is -2.30. The smallest absolute Gasteiger partial charge is 0.0537 e. The molecule has 0 saturated carbocycles. The normalized spacial score (nSPS) is 21.2. The second-order valence-corrected chi connectivity index (χ2v) is 5.71. The number of likely N-dealkylation sites (tertiary alicyclic amines) is 1. The van der Waals surface area contributed by atoms with Crippen LogP contribution in [0, 0.1) is 0 Å². The van der Waals surface area contributed by atoms with Crippen molar-refractivity contribution in [2.24, 2.45) is 12.8 Å². The minimum absolute atomic E-state index is 0.0539. The summed E-state index contributed by atoms with van der Waals surface area (Å²) in [4.78, 5) is 2.47. The zero-order valence-electron chi connectivity index (χ0n) is 11.9. The van der Waals surface area contributed by atoms with Crippen molar-refractivity contribution in [3.63, 3.8) is 0 Å². The summed E-state index contributed by atoms with van der Waals surface area (Å²) < 4.78 is 1.81. The first kappa shape index (κ1) is 13.3. The third-order valence-electron chi connectivity index (χ3n) is 4.15. The second-order valence-electron chi connectivity index (χ2n) is 5.71. The van der Waals surface area contributed by atoms with Crippen LogP contribution in [0.2, 0.25) is 0 Å². The van der Waals surface area contributed by atoms with E-state index in [2.05, 4.69) is 40.3 Å². The van der Waals surface area contributed by atoms with Crippen molar-refractivity contribution in [2.75, 3.05) is 19.6 Å². The van der Waals surface area contributed by atoms with Gasteiger partial charge >= 0.3 is 0 Å². The van der Waals surface area contributed by atoms with E-state index < -0.39 is 0 Å². The van der Waals surface area contributed by atoms with Gasteiger partial charge in [-0.2, -0.15) is 5.10 Å². The third-order valence-corrected chi connectivity index (χ3v) is 4.15. The Labute approximate surface area is 120 Å². The molecule has 4 heteroatoms. The molecule has 2 unspecified atom stereocenters. The lowest BCUT2D eigenvalue weighted by Gasteiger charge is -2.20. The molecule has 0 spiro atoms. The summed E-state index contributed by atoms with van der Waals surface area (Å²) in [5.41, 5.74) is 8.85. The molecule has 1 aromatic heterocycles. The fourth-order valence-corrected chi connectivity index (χ4v) is 3.01. The average molecular weight is 270 g/mol. The predicted octanol–water partition coefficient (Wildman–Crippen LogP) is 1.91. The molecule has 1 aromatic carbocycles. The molecule has 2 atom stereocenters. The van der Waals surface area contributed by atoms with Crippen LogP contribution < -0.4 is 5.73 Å². The van der Waals surface area contributed by atoms with Crippen LogP contribution in [-0.2, 0) is 7.05 Å². The van der Waals surface area contributed by atoms with Crippen molar-refractivity contribution in [1.82, 2.24) is 14.7 Å². The van der Waals surface area contributed by atoms with Gasteiger partial charge in [-0.25, -0.2) is 0 Å². The average Bonchev–Trinajstić information content (AvgIpc) is 3.09. The number of hydrogen-bond donors (Lipinski definition) is 1.